The first-order chi connectivity index (χ1) is 8.60. The van der Waals surface area contributed by atoms with Gasteiger partial charge in [0, 0.05) is 17.6 Å². The molecule has 0 saturated heterocycles. The number of nitrogens with zero attached hydrogens (tertiary/aromatic N) is 3. The van der Waals surface area contributed by atoms with Crippen LogP contribution in [-0.2, 0) is 0 Å². The minimum absolute atomic E-state index is 0.235. The van der Waals surface area contributed by atoms with Gasteiger partial charge in [-0.1, -0.05) is 6.58 Å². The largest absolute Gasteiger partial charge is 0.296 e. The second kappa shape index (κ2) is 5.14. The molecule has 1 amide bonds. The van der Waals surface area contributed by atoms with E-state index >= 15 is 0 Å². The SMILES string of the molecule is C=Cc1csc(NC(=O)c2ccn(C(C)C)n2)n1. The summed E-state index contributed by atoms with van der Waals surface area (Å²) in [6.07, 6.45) is 3.43. The third-order valence-corrected chi connectivity index (χ3v) is 3.10. The summed E-state index contributed by atoms with van der Waals surface area (Å²) in [5.41, 5.74) is 1.14. The van der Waals surface area contributed by atoms with E-state index < -0.39 is 0 Å². The number of hydrogen-bond donors (Lipinski definition) is 1. The van der Waals surface area contributed by atoms with Crippen molar-refractivity contribution in [2.75, 3.05) is 5.32 Å². The lowest BCUT2D eigenvalue weighted by Crippen LogP contribution is -2.13. The van der Waals surface area contributed by atoms with Crippen LogP contribution in [0.2, 0.25) is 0 Å². The molecule has 2 aromatic heterocycles. The van der Waals surface area contributed by atoms with Crippen LogP contribution in [0.1, 0.15) is 36.1 Å². The molecule has 0 bridgehead atoms. The van der Waals surface area contributed by atoms with Gasteiger partial charge in [-0.15, -0.1) is 11.3 Å². The zero-order valence-electron chi connectivity index (χ0n) is 10.3. The lowest BCUT2D eigenvalue weighted by atomic mass is 10.4. The topological polar surface area (TPSA) is 59.8 Å². The van der Waals surface area contributed by atoms with Crippen LogP contribution in [0.3, 0.4) is 0 Å². The number of anilines is 1. The fourth-order valence-electron chi connectivity index (χ4n) is 1.35. The quantitative estimate of drug-likeness (QED) is 0.921. The molecule has 0 aromatic carbocycles. The van der Waals surface area contributed by atoms with E-state index in [9.17, 15) is 4.79 Å². The van der Waals surface area contributed by atoms with Crippen LogP contribution in [0.4, 0.5) is 5.13 Å². The summed E-state index contributed by atoms with van der Waals surface area (Å²) < 4.78 is 1.74. The molecule has 2 heterocycles. The average molecular weight is 262 g/mol. The minimum Gasteiger partial charge on any atom is -0.296 e. The number of amides is 1. The first-order valence-corrected chi connectivity index (χ1v) is 6.42. The summed E-state index contributed by atoms with van der Waals surface area (Å²) in [5.74, 6) is -0.251. The van der Waals surface area contributed by atoms with E-state index in [0.29, 0.717) is 10.8 Å². The molecule has 0 aliphatic carbocycles. The molecule has 1 N–H and O–H groups in total. The third kappa shape index (κ3) is 2.65. The molecule has 0 saturated carbocycles. The highest BCUT2D eigenvalue weighted by Gasteiger charge is 2.12. The Morgan fingerprint density at radius 3 is 2.94 bits per heavy atom. The van der Waals surface area contributed by atoms with Gasteiger partial charge >= 0.3 is 0 Å². The van der Waals surface area contributed by atoms with Crippen molar-refractivity contribution in [3.8, 4) is 0 Å². The van der Waals surface area contributed by atoms with Gasteiger partial charge in [0.1, 0.15) is 0 Å². The summed E-state index contributed by atoms with van der Waals surface area (Å²) >= 11 is 1.36. The molecule has 0 radical (unpaired) electrons. The molecule has 0 aliphatic rings. The van der Waals surface area contributed by atoms with E-state index in [-0.39, 0.29) is 11.9 Å². The van der Waals surface area contributed by atoms with Gasteiger partial charge in [-0.3, -0.25) is 14.8 Å². The van der Waals surface area contributed by atoms with Crippen molar-refractivity contribution in [1.29, 1.82) is 0 Å². The molecule has 2 aromatic rings. The minimum atomic E-state index is -0.251. The standard InChI is InChI=1S/C12H14N4OS/c1-4-9-7-18-12(13-9)14-11(17)10-5-6-16(15-10)8(2)3/h4-8H,1H2,2-3H3,(H,13,14,17). The molecule has 5 nitrogen and oxygen atoms in total. The van der Waals surface area contributed by atoms with Crippen LogP contribution in [0, 0.1) is 0 Å². The normalized spacial score (nSPS) is 10.6. The van der Waals surface area contributed by atoms with Crippen LogP contribution in [-0.4, -0.2) is 20.7 Å². The second-order valence-electron chi connectivity index (χ2n) is 4.01. The Kier molecular flexibility index (Phi) is 3.57. The van der Waals surface area contributed by atoms with Gasteiger partial charge in [0.05, 0.1) is 5.69 Å². The van der Waals surface area contributed by atoms with Crippen LogP contribution in [0.15, 0.2) is 24.2 Å². The molecular weight excluding hydrogens is 248 g/mol. The zero-order chi connectivity index (χ0) is 13.1. The first-order valence-electron chi connectivity index (χ1n) is 5.54. The van der Waals surface area contributed by atoms with Gasteiger partial charge in [-0.2, -0.15) is 5.10 Å². The lowest BCUT2D eigenvalue weighted by Gasteiger charge is -2.03. The number of carbonyl (C=O) groups is 1. The van der Waals surface area contributed by atoms with E-state index in [1.807, 2.05) is 19.2 Å². The Balaban J connectivity index is 2.09. The van der Waals surface area contributed by atoms with Gasteiger partial charge in [-0.05, 0) is 26.0 Å². The van der Waals surface area contributed by atoms with E-state index in [2.05, 4.69) is 22.0 Å². The van der Waals surface area contributed by atoms with Crippen molar-refractivity contribution in [2.45, 2.75) is 19.9 Å². The molecular formula is C12H14N4OS. The van der Waals surface area contributed by atoms with E-state index in [1.165, 1.54) is 11.3 Å². The van der Waals surface area contributed by atoms with E-state index in [0.717, 1.165) is 5.69 Å². The monoisotopic (exact) mass is 262 g/mol. The Bertz CT molecular complexity index is 570. The molecule has 0 aliphatic heterocycles. The maximum Gasteiger partial charge on any atom is 0.277 e. The van der Waals surface area contributed by atoms with Crippen molar-refractivity contribution >= 4 is 28.5 Å². The lowest BCUT2D eigenvalue weighted by molar-refractivity contribution is 0.102. The number of rotatable bonds is 4. The highest BCUT2D eigenvalue weighted by atomic mass is 32.1. The Morgan fingerprint density at radius 2 is 2.39 bits per heavy atom. The molecule has 18 heavy (non-hydrogen) atoms. The number of thiazole rings is 1. The third-order valence-electron chi connectivity index (χ3n) is 2.32. The molecule has 0 unspecified atom stereocenters. The van der Waals surface area contributed by atoms with Crippen molar-refractivity contribution in [1.82, 2.24) is 14.8 Å². The van der Waals surface area contributed by atoms with Crippen molar-refractivity contribution < 1.29 is 4.79 Å². The van der Waals surface area contributed by atoms with Crippen molar-refractivity contribution in [3.63, 3.8) is 0 Å². The molecule has 0 atom stereocenters. The number of aromatic nitrogens is 3. The number of hydrogen-bond acceptors (Lipinski definition) is 4. The van der Waals surface area contributed by atoms with E-state index in [1.54, 1.807) is 23.0 Å². The Morgan fingerprint density at radius 1 is 1.61 bits per heavy atom. The molecule has 6 heteroatoms. The van der Waals surface area contributed by atoms with Crippen LogP contribution in [0.5, 0.6) is 0 Å². The summed E-state index contributed by atoms with van der Waals surface area (Å²) in [5, 5.41) is 9.28. The predicted molar refractivity (Wildman–Crippen MR) is 72.8 cm³/mol. The van der Waals surface area contributed by atoms with Crippen molar-refractivity contribution in [2.24, 2.45) is 0 Å². The Labute approximate surface area is 109 Å². The average Bonchev–Trinajstić information content (AvgIpc) is 2.97. The van der Waals surface area contributed by atoms with Gasteiger partial charge in [0.25, 0.3) is 5.91 Å². The summed E-state index contributed by atoms with van der Waals surface area (Å²) in [4.78, 5) is 16.1. The number of carbonyl (C=O) groups excluding carboxylic acids is 1. The van der Waals surface area contributed by atoms with Crippen molar-refractivity contribution in [3.05, 3.63) is 35.6 Å². The van der Waals surface area contributed by atoms with Gasteiger partial charge < -0.3 is 0 Å². The fourth-order valence-corrected chi connectivity index (χ4v) is 2.04. The van der Waals surface area contributed by atoms with Crippen LogP contribution in [0.25, 0.3) is 6.08 Å². The summed E-state index contributed by atoms with van der Waals surface area (Å²) in [7, 11) is 0. The maximum absolute atomic E-state index is 11.9. The number of nitrogens with one attached hydrogen (secondary N) is 1. The maximum atomic E-state index is 11.9. The van der Waals surface area contributed by atoms with Gasteiger partial charge in [0.15, 0.2) is 10.8 Å². The van der Waals surface area contributed by atoms with Gasteiger partial charge in [-0.25, -0.2) is 4.98 Å². The summed E-state index contributed by atoms with van der Waals surface area (Å²) in [6, 6.07) is 1.93. The summed E-state index contributed by atoms with van der Waals surface area (Å²) in [6.45, 7) is 7.63. The highest BCUT2D eigenvalue weighted by Crippen LogP contribution is 2.16. The molecule has 2 rings (SSSR count). The smallest absolute Gasteiger partial charge is 0.277 e. The zero-order valence-corrected chi connectivity index (χ0v) is 11.1. The van der Waals surface area contributed by atoms with Gasteiger partial charge in [0.2, 0.25) is 0 Å². The first kappa shape index (κ1) is 12.5. The molecule has 0 spiro atoms. The predicted octanol–water partition coefficient (Wildman–Crippen LogP) is 2.82. The molecule has 94 valence electrons. The fraction of sp³-hybridized carbons (Fsp3) is 0.250. The molecule has 0 fully saturated rings. The van der Waals surface area contributed by atoms with Crippen LogP contribution < -0.4 is 5.32 Å². The highest BCUT2D eigenvalue weighted by molar-refractivity contribution is 7.14. The van der Waals surface area contributed by atoms with E-state index in [4.69, 9.17) is 0 Å². The second-order valence-corrected chi connectivity index (χ2v) is 4.87. The van der Waals surface area contributed by atoms with Crippen LogP contribution >= 0.6 is 11.3 Å². The Hall–Kier alpha value is -1.95.